The lowest BCUT2D eigenvalue weighted by atomic mass is 10.1. The smallest absolute Gasteiger partial charge is 0.340 e. The molecule has 1 heterocycles. The Hall–Kier alpha value is -3.22. The van der Waals surface area contributed by atoms with Crippen molar-refractivity contribution in [3.63, 3.8) is 0 Å². The van der Waals surface area contributed by atoms with Gasteiger partial charge >= 0.3 is 7.60 Å². The van der Waals surface area contributed by atoms with Gasteiger partial charge in [-0.25, -0.2) is 4.39 Å². The fraction of sp³-hybridized carbons (Fsp3) is 0.261. The number of methoxy groups -OCH3 is 1. The number of hydrogen-bond donors (Lipinski definition) is 2. The summed E-state index contributed by atoms with van der Waals surface area (Å²) in [6.07, 6.45) is 0.888. The SMILES string of the molecule is CCOP(=O)(CC(=O)Nc1cc2c(Nc3ccc(F)c(Cl)c3)c(C#N)cnc2cc1OC)OCC. The van der Waals surface area contributed by atoms with E-state index in [0.717, 1.165) is 0 Å². The number of anilines is 3. The van der Waals surface area contributed by atoms with Crippen molar-refractivity contribution in [1.82, 2.24) is 4.98 Å². The summed E-state index contributed by atoms with van der Waals surface area (Å²) >= 11 is 5.89. The number of hydrogen-bond acceptors (Lipinski definition) is 8. The molecule has 2 aromatic carbocycles. The number of pyridine rings is 1. The quantitative estimate of drug-likeness (QED) is 0.319. The van der Waals surface area contributed by atoms with E-state index in [1.807, 2.05) is 0 Å². The average molecular weight is 521 g/mol. The molecule has 9 nitrogen and oxygen atoms in total. The molecule has 1 amide bonds. The van der Waals surface area contributed by atoms with Crippen LogP contribution in [-0.4, -0.2) is 37.4 Å². The first-order valence-electron chi connectivity index (χ1n) is 10.5. The Balaban J connectivity index is 2.03. The van der Waals surface area contributed by atoms with Gasteiger partial charge in [0.2, 0.25) is 5.91 Å². The number of benzene rings is 2. The Bertz CT molecular complexity index is 1340. The van der Waals surface area contributed by atoms with Crippen molar-refractivity contribution < 1.29 is 27.5 Å². The largest absolute Gasteiger partial charge is 0.494 e. The van der Waals surface area contributed by atoms with E-state index in [4.69, 9.17) is 25.4 Å². The molecule has 3 rings (SSSR count). The second-order valence-electron chi connectivity index (χ2n) is 7.13. The molecule has 0 aliphatic carbocycles. The van der Waals surface area contributed by atoms with E-state index in [9.17, 15) is 19.0 Å². The minimum atomic E-state index is -3.62. The molecule has 12 heteroatoms. The van der Waals surface area contributed by atoms with E-state index in [2.05, 4.69) is 21.7 Å². The van der Waals surface area contributed by atoms with Crippen molar-refractivity contribution in [2.45, 2.75) is 13.8 Å². The zero-order chi connectivity index (χ0) is 25.6. The van der Waals surface area contributed by atoms with Crippen LogP contribution in [0.15, 0.2) is 36.5 Å². The summed E-state index contributed by atoms with van der Waals surface area (Å²) in [6.45, 7) is 3.54. The third-order valence-corrected chi connectivity index (χ3v) is 7.03. The molecule has 0 aliphatic rings. The number of amides is 1. The number of carbonyl (C=O) groups excluding carboxylic acids is 1. The number of ether oxygens (including phenoxy) is 1. The molecule has 0 fully saturated rings. The normalized spacial score (nSPS) is 11.2. The Kier molecular flexibility index (Phi) is 8.65. The van der Waals surface area contributed by atoms with Crippen LogP contribution in [0, 0.1) is 17.1 Å². The van der Waals surface area contributed by atoms with Crippen molar-refractivity contribution >= 4 is 53.1 Å². The van der Waals surface area contributed by atoms with E-state index in [1.54, 1.807) is 26.0 Å². The Labute approximate surface area is 206 Å². The summed E-state index contributed by atoms with van der Waals surface area (Å²) in [5.74, 6) is -0.901. The Morgan fingerprint density at radius 3 is 2.54 bits per heavy atom. The first-order chi connectivity index (χ1) is 16.7. The number of nitrogens with one attached hydrogen (secondary N) is 2. The minimum Gasteiger partial charge on any atom is -0.494 e. The van der Waals surface area contributed by atoms with Gasteiger partial charge in [-0.1, -0.05) is 11.6 Å². The summed E-state index contributed by atoms with van der Waals surface area (Å²) in [5.41, 5.74) is 1.73. The third-order valence-electron chi connectivity index (χ3n) is 4.76. The topological polar surface area (TPSA) is 123 Å². The van der Waals surface area contributed by atoms with Gasteiger partial charge in [0.15, 0.2) is 0 Å². The van der Waals surface area contributed by atoms with Gasteiger partial charge in [-0.2, -0.15) is 5.26 Å². The summed E-state index contributed by atoms with van der Waals surface area (Å²) in [4.78, 5) is 17.0. The van der Waals surface area contributed by atoms with E-state index in [1.165, 1.54) is 31.5 Å². The zero-order valence-corrected chi connectivity index (χ0v) is 20.9. The van der Waals surface area contributed by atoms with Crippen LogP contribution in [-0.2, 0) is 18.4 Å². The molecule has 1 aromatic heterocycles. The van der Waals surface area contributed by atoms with E-state index >= 15 is 0 Å². The summed E-state index contributed by atoms with van der Waals surface area (Å²) in [5, 5.41) is 15.8. The number of rotatable bonds is 10. The Morgan fingerprint density at radius 2 is 1.94 bits per heavy atom. The van der Waals surface area contributed by atoms with Crippen molar-refractivity contribution in [2.75, 3.05) is 37.1 Å². The van der Waals surface area contributed by atoms with Crippen LogP contribution >= 0.6 is 19.2 Å². The molecule has 0 atom stereocenters. The number of halogens is 2. The van der Waals surface area contributed by atoms with Crippen LogP contribution in [0.5, 0.6) is 5.75 Å². The van der Waals surface area contributed by atoms with Crippen LogP contribution in [0.2, 0.25) is 5.02 Å². The number of carbonyl (C=O) groups is 1. The maximum atomic E-state index is 13.6. The average Bonchev–Trinajstić information content (AvgIpc) is 2.81. The highest BCUT2D eigenvalue weighted by molar-refractivity contribution is 7.54. The zero-order valence-electron chi connectivity index (χ0n) is 19.2. The van der Waals surface area contributed by atoms with Gasteiger partial charge in [-0.05, 0) is 38.1 Å². The number of aromatic nitrogens is 1. The molecule has 0 bridgehead atoms. The highest BCUT2D eigenvalue weighted by Crippen LogP contribution is 2.48. The monoisotopic (exact) mass is 520 g/mol. The molecular weight excluding hydrogens is 498 g/mol. The van der Waals surface area contributed by atoms with Crippen LogP contribution in [0.1, 0.15) is 19.4 Å². The highest BCUT2D eigenvalue weighted by atomic mass is 35.5. The summed E-state index contributed by atoms with van der Waals surface area (Å²) in [7, 11) is -2.20. The van der Waals surface area contributed by atoms with E-state index in [0.29, 0.717) is 28.0 Å². The fourth-order valence-electron chi connectivity index (χ4n) is 3.31. The first-order valence-corrected chi connectivity index (χ1v) is 12.6. The van der Waals surface area contributed by atoms with Crippen molar-refractivity contribution in [3.8, 4) is 11.8 Å². The maximum absolute atomic E-state index is 13.6. The Morgan fingerprint density at radius 1 is 1.23 bits per heavy atom. The third kappa shape index (κ3) is 6.27. The van der Waals surface area contributed by atoms with Crippen LogP contribution in [0.4, 0.5) is 21.5 Å². The minimum absolute atomic E-state index is 0.0884. The predicted octanol–water partition coefficient (Wildman–Crippen LogP) is 5.86. The van der Waals surface area contributed by atoms with E-state index in [-0.39, 0.29) is 29.5 Å². The molecule has 0 radical (unpaired) electrons. The molecule has 0 saturated carbocycles. The van der Waals surface area contributed by atoms with Gasteiger partial charge < -0.3 is 24.4 Å². The van der Waals surface area contributed by atoms with Gasteiger partial charge in [0, 0.05) is 23.3 Å². The second-order valence-corrected chi connectivity index (χ2v) is 9.60. The lowest BCUT2D eigenvalue weighted by Gasteiger charge is -2.18. The number of fused-ring (bicyclic) bond motifs is 1. The molecule has 0 unspecified atom stereocenters. The van der Waals surface area contributed by atoms with Crippen molar-refractivity contribution in [3.05, 3.63) is 52.9 Å². The predicted molar refractivity (Wildman–Crippen MR) is 132 cm³/mol. The molecule has 0 aliphatic heterocycles. The van der Waals surface area contributed by atoms with Crippen LogP contribution in [0.3, 0.4) is 0 Å². The first kappa shape index (κ1) is 26.4. The van der Waals surface area contributed by atoms with Gasteiger partial charge in [-0.15, -0.1) is 0 Å². The molecule has 35 heavy (non-hydrogen) atoms. The summed E-state index contributed by atoms with van der Waals surface area (Å²) < 4.78 is 42.1. The lowest BCUT2D eigenvalue weighted by molar-refractivity contribution is -0.114. The van der Waals surface area contributed by atoms with Gasteiger partial charge in [0.05, 0.1) is 47.8 Å². The van der Waals surface area contributed by atoms with Crippen LogP contribution < -0.4 is 15.4 Å². The second kappa shape index (κ2) is 11.5. The van der Waals surface area contributed by atoms with Gasteiger partial charge in [0.1, 0.15) is 23.8 Å². The highest BCUT2D eigenvalue weighted by Gasteiger charge is 2.28. The van der Waals surface area contributed by atoms with Gasteiger partial charge in [-0.3, -0.25) is 14.3 Å². The summed E-state index contributed by atoms with van der Waals surface area (Å²) in [6, 6.07) is 9.27. The molecule has 3 aromatic rings. The van der Waals surface area contributed by atoms with Crippen molar-refractivity contribution in [2.24, 2.45) is 0 Å². The molecular formula is C23H23ClFN4O5P. The molecule has 0 saturated heterocycles. The standard InChI is InChI=1S/C23H23ClFN4O5P/c1-4-33-35(31,34-5-2)13-22(30)29-20-9-16-19(10-21(20)32-3)27-12-14(11-26)23(16)28-15-6-7-18(25)17(24)8-15/h6-10,12H,4-5,13H2,1-3H3,(H,27,28)(H,29,30). The lowest BCUT2D eigenvalue weighted by Crippen LogP contribution is -2.18. The van der Waals surface area contributed by atoms with E-state index < -0.39 is 25.5 Å². The molecule has 0 spiro atoms. The number of nitrogens with zero attached hydrogens (tertiary/aromatic N) is 2. The van der Waals surface area contributed by atoms with Crippen molar-refractivity contribution in [1.29, 1.82) is 5.26 Å². The fourth-order valence-corrected chi connectivity index (χ4v) is 4.97. The van der Waals surface area contributed by atoms with Gasteiger partial charge in [0.25, 0.3) is 0 Å². The molecule has 184 valence electrons. The number of nitriles is 1. The molecule has 2 N–H and O–H groups in total. The maximum Gasteiger partial charge on any atom is 0.340 e. The van der Waals surface area contributed by atoms with Crippen LogP contribution in [0.25, 0.3) is 10.9 Å².